The fraction of sp³-hybridized carbons (Fsp3) is 0.632. The number of hydrogen-bond donors (Lipinski definition) is 2. The number of hydrogen-bond acceptors (Lipinski definition) is 7. The first-order valence-corrected chi connectivity index (χ1v) is 9.97. The molecule has 3 rings (SSSR count). The minimum Gasteiger partial charge on any atom is -0.481 e. The van der Waals surface area contributed by atoms with Gasteiger partial charge in [0.05, 0.1) is 18.8 Å². The molecule has 0 amide bonds. The van der Waals surface area contributed by atoms with Gasteiger partial charge in [0.1, 0.15) is 12.8 Å². The van der Waals surface area contributed by atoms with Crippen LogP contribution in [0.5, 0.6) is 0 Å². The van der Waals surface area contributed by atoms with Crippen molar-refractivity contribution in [1.82, 2.24) is 19.5 Å². The number of carboxylic acid groups (broad SMARTS) is 1. The van der Waals surface area contributed by atoms with E-state index in [1.54, 1.807) is 10.9 Å². The summed E-state index contributed by atoms with van der Waals surface area (Å²) in [7, 11) is 0. The minimum atomic E-state index is -0.768. The van der Waals surface area contributed by atoms with Crippen LogP contribution in [0.2, 0.25) is 0 Å². The molecule has 0 aromatic carbocycles. The molecule has 0 unspecified atom stereocenters. The van der Waals surface area contributed by atoms with Crippen molar-refractivity contribution < 1.29 is 24.2 Å². The number of rotatable bonds is 11. The van der Waals surface area contributed by atoms with Crippen LogP contribution < -0.4 is 5.56 Å². The van der Waals surface area contributed by atoms with Crippen molar-refractivity contribution in [2.45, 2.75) is 70.1 Å². The van der Waals surface area contributed by atoms with Gasteiger partial charge in [-0.3, -0.25) is 19.0 Å². The number of aromatic nitrogens is 4. The molecule has 2 N–H and O–H groups in total. The molecular weight excluding hydrogens is 380 g/mol. The Bertz CT molecular complexity index is 892. The Morgan fingerprint density at radius 3 is 2.72 bits per heavy atom. The molecule has 0 spiro atoms. The predicted octanol–water partition coefficient (Wildman–Crippen LogP) is 2.16. The Morgan fingerprint density at radius 1 is 1.17 bits per heavy atom. The highest BCUT2D eigenvalue weighted by Crippen LogP contribution is 2.30. The molecule has 0 saturated carbocycles. The number of H-pyrrole nitrogens is 1. The lowest BCUT2D eigenvalue weighted by Crippen LogP contribution is -2.19. The third-order valence-electron chi connectivity index (χ3n) is 4.96. The van der Waals surface area contributed by atoms with Gasteiger partial charge >= 0.3 is 11.9 Å². The van der Waals surface area contributed by atoms with Gasteiger partial charge in [0, 0.05) is 12.8 Å². The van der Waals surface area contributed by atoms with Crippen LogP contribution in [0.4, 0.5) is 0 Å². The van der Waals surface area contributed by atoms with E-state index in [2.05, 4.69) is 15.0 Å². The summed E-state index contributed by atoms with van der Waals surface area (Å²) in [4.78, 5) is 44.8. The van der Waals surface area contributed by atoms with E-state index in [9.17, 15) is 14.4 Å². The van der Waals surface area contributed by atoms with Crippen LogP contribution >= 0.6 is 0 Å². The first-order valence-electron chi connectivity index (χ1n) is 9.97. The van der Waals surface area contributed by atoms with Crippen molar-refractivity contribution >= 4 is 23.1 Å². The first-order chi connectivity index (χ1) is 14.0. The lowest BCUT2D eigenvalue weighted by atomic mass is 10.1. The van der Waals surface area contributed by atoms with Gasteiger partial charge in [-0.25, -0.2) is 9.97 Å². The number of esters is 1. The zero-order valence-electron chi connectivity index (χ0n) is 16.2. The molecule has 1 aliphatic heterocycles. The standard InChI is InChI=1S/C19H26N4O6/c24-15(25)6-4-2-1-3-5-7-16(26)28-10-13-8-9-14(29-13)23-12-22-17-18(23)20-11-21-19(17)27/h11-14H,1-10H2,(H,24,25)(H,20,21,27)/t13-,14+/m1/s1. The quantitative estimate of drug-likeness (QED) is 0.428. The van der Waals surface area contributed by atoms with Crippen molar-refractivity contribution in [3.63, 3.8) is 0 Å². The number of ether oxygens (including phenoxy) is 2. The molecule has 29 heavy (non-hydrogen) atoms. The summed E-state index contributed by atoms with van der Waals surface area (Å²) in [5, 5.41) is 8.57. The summed E-state index contributed by atoms with van der Waals surface area (Å²) in [6, 6.07) is 0. The van der Waals surface area contributed by atoms with Crippen molar-refractivity contribution in [2.75, 3.05) is 6.61 Å². The van der Waals surface area contributed by atoms with Gasteiger partial charge in [0.25, 0.3) is 5.56 Å². The number of aliphatic carboxylic acids is 1. The summed E-state index contributed by atoms with van der Waals surface area (Å²) >= 11 is 0. The molecule has 1 aliphatic rings. The lowest BCUT2D eigenvalue weighted by Gasteiger charge is -2.15. The molecule has 1 fully saturated rings. The molecule has 2 aromatic heterocycles. The summed E-state index contributed by atoms with van der Waals surface area (Å²) < 4.78 is 13.0. The van der Waals surface area contributed by atoms with Gasteiger partial charge in [0.15, 0.2) is 11.2 Å². The maximum absolute atomic E-state index is 11.9. The summed E-state index contributed by atoms with van der Waals surface area (Å²) in [6.07, 6.45) is 8.50. The summed E-state index contributed by atoms with van der Waals surface area (Å²) in [5.74, 6) is -1.01. The molecule has 1 saturated heterocycles. The van der Waals surface area contributed by atoms with E-state index in [0.29, 0.717) is 18.5 Å². The average Bonchev–Trinajstić information content (AvgIpc) is 3.32. The van der Waals surface area contributed by atoms with E-state index in [1.165, 1.54) is 6.33 Å². The highest BCUT2D eigenvalue weighted by molar-refractivity contribution is 5.69. The molecule has 0 bridgehead atoms. The Labute approximate surface area is 167 Å². The van der Waals surface area contributed by atoms with Crippen molar-refractivity contribution in [1.29, 1.82) is 0 Å². The molecule has 0 aliphatic carbocycles. The van der Waals surface area contributed by atoms with Gasteiger partial charge in [-0.15, -0.1) is 0 Å². The zero-order chi connectivity index (χ0) is 20.6. The van der Waals surface area contributed by atoms with Crippen LogP contribution in [-0.4, -0.2) is 49.3 Å². The number of nitrogens with one attached hydrogen (secondary N) is 1. The highest BCUT2D eigenvalue weighted by Gasteiger charge is 2.29. The predicted molar refractivity (Wildman–Crippen MR) is 102 cm³/mol. The molecule has 0 radical (unpaired) electrons. The van der Waals surface area contributed by atoms with Crippen LogP contribution in [0.3, 0.4) is 0 Å². The molecule has 2 aromatic rings. The van der Waals surface area contributed by atoms with Crippen molar-refractivity contribution in [3.05, 3.63) is 23.0 Å². The molecule has 3 heterocycles. The van der Waals surface area contributed by atoms with E-state index in [4.69, 9.17) is 14.6 Å². The number of imidazole rings is 1. The zero-order valence-corrected chi connectivity index (χ0v) is 16.2. The Balaban J connectivity index is 1.34. The first kappa shape index (κ1) is 21.0. The fourth-order valence-electron chi connectivity index (χ4n) is 3.42. The Hall–Kier alpha value is -2.75. The number of carbonyl (C=O) groups excluding carboxylic acids is 1. The van der Waals surface area contributed by atoms with Crippen LogP contribution in [0, 0.1) is 0 Å². The van der Waals surface area contributed by atoms with E-state index in [1.807, 2.05) is 0 Å². The molecule has 2 atom stereocenters. The van der Waals surface area contributed by atoms with Gasteiger partial charge in [-0.05, 0) is 25.7 Å². The van der Waals surface area contributed by atoms with Crippen molar-refractivity contribution in [2.24, 2.45) is 0 Å². The van der Waals surface area contributed by atoms with E-state index >= 15 is 0 Å². The average molecular weight is 406 g/mol. The van der Waals surface area contributed by atoms with Crippen LogP contribution in [0.1, 0.15) is 64.0 Å². The lowest BCUT2D eigenvalue weighted by molar-refractivity contribution is -0.148. The minimum absolute atomic E-state index is 0.195. The van der Waals surface area contributed by atoms with Crippen LogP contribution in [0.25, 0.3) is 11.2 Å². The number of nitrogens with zero attached hydrogens (tertiary/aromatic N) is 3. The van der Waals surface area contributed by atoms with Crippen molar-refractivity contribution in [3.8, 4) is 0 Å². The van der Waals surface area contributed by atoms with E-state index < -0.39 is 5.97 Å². The highest BCUT2D eigenvalue weighted by atomic mass is 16.6. The van der Waals surface area contributed by atoms with Gasteiger partial charge in [-0.2, -0.15) is 0 Å². The SMILES string of the molecule is O=C(O)CCCCCCCC(=O)OC[C@H]1CC[C@@H](n2cnc3c(=O)[nH]cnc32)O1. The number of carboxylic acids is 1. The smallest absolute Gasteiger partial charge is 0.305 e. The van der Waals surface area contributed by atoms with Crippen LogP contribution in [0.15, 0.2) is 17.4 Å². The number of fused-ring (bicyclic) bond motifs is 1. The van der Waals surface area contributed by atoms with Gasteiger partial charge in [0.2, 0.25) is 0 Å². The Kier molecular flexibility index (Phi) is 7.34. The normalized spacial score (nSPS) is 18.9. The largest absolute Gasteiger partial charge is 0.481 e. The maximum Gasteiger partial charge on any atom is 0.305 e. The maximum atomic E-state index is 11.9. The number of aromatic amines is 1. The summed E-state index contributed by atoms with van der Waals surface area (Å²) in [5.41, 5.74) is 0.452. The third kappa shape index (κ3) is 5.86. The fourth-order valence-corrected chi connectivity index (χ4v) is 3.42. The molecule has 158 valence electrons. The van der Waals surface area contributed by atoms with E-state index in [0.717, 1.165) is 38.5 Å². The van der Waals surface area contributed by atoms with Gasteiger partial charge in [-0.1, -0.05) is 19.3 Å². The topological polar surface area (TPSA) is 136 Å². The number of unbranched alkanes of at least 4 members (excludes halogenated alkanes) is 4. The molecular formula is C19H26N4O6. The molecule has 10 heteroatoms. The summed E-state index contributed by atoms with van der Waals surface area (Å²) in [6.45, 7) is 0.203. The second-order valence-electron chi connectivity index (χ2n) is 7.19. The monoisotopic (exact) mass is 406 g/mol. The molecule has 10 nitrogen and oxygen atoms in total. The second kappa shape index (κ2) is 10.1. The van der Waals surface area contributed by atoms with Crippen LogP contribution in [-0.2, 0) is 19.1 Å². The Morgan fingerprint density at radius 2 is 1.93 bits per heavy atom. The van der Waals surface area contributed by atoms with Gasteiger partial charge < -0.3 is 19.6 Å². The van der Waals surface area contributed by atoms with E-state index in [-0.39, 0.29) is 42.4 Å². The second-order valence-corrected chi connectivity index (χ2v) is 7.19. The number of carbonyl (C=O) groups is 2. The third-order valence-corrected chi connectivity index (χ3v) is 4.96.